The number of benzene rings is 1. The SMILES string of the molecule is CCN(CC)c1ccc(NC(=O)c2cc(NCc3ccccn3)ccn2)c(C)c1. The molecule has 0 radical (unpaired) electrons. The van der Waals surface area contributed by atoms with E-state index in [4.69, 9.17) is 0 Å². The average Bonchev–Trinajstić information content (AvgIpc) is 2.76. The second-order valence-corrected chi connectivity index (χ2v) is 6.73. The molecule has 1 amide bonds. The van der Waals surface area contributed by atoms with Crippen LogP contribution in [0.25, 0.3) is 0 Å². The average molecular weight is 390 g/mol. The largest absolute Gasteiger partial charge is 0.379 e. The second-order valence-electron chi connectivity index (χ2n) is 6.73. The van der Waals surface area contributed by atoms with E-state index in [2.05, 4.69) is 45.4 Å². The van der Waals surface area contributed by atoms with Crippen molar-refractivity contribution in [2.24, 2.45) is 0 Å². The standard InChI is InChI=1S/C23H27N5O/c1-4-28(5-2)20-9-10-21(17(3)14-20)27-23(29)22-15-18(11-13-25-22)26-16-19-8-6-7-12-24-19/h6-15H,4-5,16H2,1-3H3,(H,25,26)(H,27,29). The highest BCUT2D eigenvalue weighted by Crippen LogP contribution is 2.23. The molecule has 0 saturated carbocycles. The summed E-state index contributed by atoms with van der Waals surface area (Å²) in [6, 6.07) is 15.4. The van der Waals surface area contributed by atoms with Gasteiger partial charge in [-0.25, -0.2) is 0 Å². The van der Waals surface area contributed by atoms with Crippen molar-refractivity contribution < 1.29 is 4.79 Å². The van der Waals surface area contributed by atoms with Crippen molar-refractivity contribution in [1.29, 1.82) is 0 Å². The Morgan fingerprint density at radius 3 is 2.52 bits per heavy atom. The lowest BCUT2D eigenvalue weighted by atomic mass is 10.1. The van der Waals surface area contributed by atoms with E-state index in [9.17, 15) is 4.79 Å². The lowest BCUT2D eigenvalue weighted by molar-refractivity contribution is 0.102. The molecule has 3 rings (SSSR count). The maximum absolute atomic E-state index is 12.7. The van der Waals surface area contributed by atoms with E-state index < -0.39 is 0 Å². The number of hydrogen-bond donors (Lipinski definition) is 2. The number of aromatic nitrogens is 2. The van der Waals surface area contributed by atoms with Gasteiger partial charge in [0, 0.05) is 42.5 Å². The summed E-state index contributed by atoms with van der Waals surface area (Å²) < 4.78 is 0. The number of nitrogens with one attached hydrogen (secondary N) is 2. The molecule has 150 valence electrons. The molecule has 2 heterocycles. The molecule has 2 aromatic heterocycles. The number of nitrogens with zero attached hydrogens (tertiary/aromatic N) is 3. The summed E-state index contributed by atoms with van der Waals surface area (Å²) in [6.07, 6.45) is 3.39. The quantitative estimate of drug-likeness (QED) is 0.594. The molecular formula is C23H27N5O. The fourth-order valence-electron chi connectivity index (χ4n) is 3.12. The van der Waals surface area contributed by atoms with Crippen LogP contribution in [0, 0.1) is 6.92 Å². The number of anilines is 3. The van der Waals surface area contributed by atoms with E-state index in [0.717, 1.165) is 41.4 Å². The Morgan fingerprint density at radius 2 is 1.83 bits per heavy atom. The minimum atomic E-state index is -0.231. The molecule has 3 aromatic rings. The maximum Gasteiger partial charge on any atom is 0.274 e. The third-order valence-electron chi connectivity index (χ3n) is 4.78. The van der Waals surface area contributed by atoms with Gasteiger partial charge < -0.3 is 15.5 Å². The van der Waals surface area contributed by atoms with E-state index in [1.807, 2.05) is 43.3 Å². The molecule has 1 aromatic carbocycles. The summed E-state index contributed by atoms with van der Waals surface area (Å²) in [5.74, 6) is -0.231. The summed E-state index contributed by atoms with van der Waals surface area (Å²) in [5.41, 5.74) is 5.09. The van der Waals surface area contributed by atoms with Gasteiger partial charge >= 0.3 is 0 Å². The number of pyridine rings is 2. The normalized spacial score (nSPS) is 10.4. The fraction of sp³-hybridized carbons (Fsp3) is 0.261. The van der Waals surface area contributed by atoms with Gasteiger partial charge in [0.1, 0.15) is 5.69 Å². The number of carbonyl (C=O) groups is 1. The first-order chi connectivity index (χ1) is 14.1. The number of carbonyl (C=O) groups excluding carboxylic acids is 1. The fourth-order valence-corrected chi connectivity index (χ4v) is 3.12. The zero-order valence-electron chi connectivity index (χ0n) is 17.1. The van der Waals surface area contributed by atoms with Crippen molar-refractivity contribution >= 4 is 23.0 Å². The van der Waals surface area contributed by atoms with Gasteiger partial charge in [-0.3, -0.25) is 14.8 Å². The van der Waals surface area contributed by atoms with Gasteiger partial charge in [0.15, 0.2) is 0 Å². The number of rotatable bonds is 8. The second kappa shape index (κ2) is 9.68. The van der Waals surface area contributed by atoms with Gasteiger partial charge in [0.25, 0.3) is 5.91 Å². The molecule has 0 unspecified atom stereocenters. The van der Waals surface area contributed by atoms with Gasteiger partial charge in [-0.15, -0.1) is 0 Å². The molecule has 29 heavy (non-hydrogen) atoms. The maximum atomic E-state index is 12.7. The van der Waals surface area contributed by atoms with Crippen molar-refractivity contribution in [3.8, 4) is 0 Å². The zero-order valence-corrected chi connectivity index (χ0v) is 17.1. The smallest absolute Gasteiger partial charge is 0.274 e. The highest BCUT2D eigenvalue weighted by molar-refractivity contribution is 6.03. The number of amides is 1. The molecule has 0 aliphatic heterocycles. The molecule has 0 fully saturated rings. The zero-order chi connectivity index (χ0) is 20.6. The first-order valence-electron chi connectivity index (χ1n) is 9.87. The van der Waals surface area contributed by atoms with Crippen LogP contribution in [0.2, 0.25) is 0 Å². The van der Waals surface area contributed by atoms with E-state index in [0.29, 0.717) is 12.2 Å². The topological polar surface area (TPSA) is 70.2 Å². The third kappa shape index (κ3) is 5.31. The predicted octanol–water partition coefficient (Wildman–Crippen LogP) is 4.50. The van der Waals surface area contributed by atoms with Gasteiger partial charge in [-0.2, -0.15) is 0 Å². The Kier molecular flexibility index (Phi) is 6.79. The molecule has 0 spiro atoms. The van der Waals surface area contributed by atoms with Gasteiger partial charge in [-0.05, 0) is 68.8 Å². The summed E-state index contributed by atoms with van der Waals surface area (Å²) in [5, 5.41) is 6.25. The van der Waals surface area contributed by atoms with Crippen molar-refractivity contribution in [3.05, 3.63) is 77.9 Å². The molecule has 6 nitrogen and oxygen atoms in total. The van der Waals surface area contributed by atoms with Crippen molar-refractivity contribution in [3.63, 3.8) is 0 Å². The van der Waals surface area contributed by atoms with Crippen LogP contribution in [0.15, 0.2) is 60.9 Å². The number of aryl methyl sites for hydroxylation is 1. The minimum Gasteiger partial charge on any atom is -0.379 e. The van der Waals surface area contributed by atoms with Crippen LogP contribution in [0.3, 0.4) is 0 Å². The van der Waals surface area contributed by atoms with Crippen LogP contribution in [0.5, 0.6) is 0 Å². The van der Waals surface area contributed by atoms with Crippen LogP contribution in [-0.2, 0) is 6.54 Å². The Balaban J connectivity index is 1.68. The Morgan fingerprint density at radius 1 is 1.00 bits per heavy atom. The molecule has 0 atom stereocenters. The van der Waals surface area contributed by atoms with Crippen molar-refractivity contribution in [1.82, 2.24) is 9.97 Å². The number of hydrogen-bond acceptors (Lipinski definition) is 5. The molecule has 2 N–H and O–H groups in total. The van der Waals surface area contributed by atoms with E-state index in [1.54, 1.807) is 18.5 Å². The Hall–Kier alpha value is -3.41. The van der Waals surface area contributed by atoms with Gasteiger partial charge in [0.2, 0.25) is 0 Å². The summed E-state index contributed by atoms with van der Waals surface area (Å²) in [4.78, 5) is 23.5. The Labute approximate surface area is 172 Å². The van der Waals surface area contributed by atoms with E-state index in [-0.39, 0.29) is 5.91 Å². The first kappa shape index (κ1) is 20.3. The highest BCUT2D eigenvalue weighted by atomic mass is 16.1. The van der Waals surface area contributed by atoms with Gasteiger partial charge in [-0.1, -0.05) is 6.07 Å². The van der Waals surface area contributed by atoms with Crippen LogP contribution in [0.1, 0.15) is 35.6 Å². The van der Waals surface area contributed by atoms with Crippen molar-refractivity contribution in [2.75, 3.05) is 28.6 Å². The van der Waals surface area contributed by atoms with E-state index >= 15 is 0 Å². The lowest BCUT2D eigenvalue weighted by Crippen LogP contribution is -2.22. The molecular weight excluding hydrogens is 362 g/mol. The van der Waals surface area contributed by atoms with Crippen molar-refractivity contribution in [2.45, 2.75) is 27.3 Å². The third-order valence-corrected chi connectivity index (χ3v) is 4.78. The first-order valence-corrected chi connectivity index (χ1v) is 9.87. The Bertz CT molecular complexity index is 954. The highest BCUT2D eigenvalue weighted by Gasteiger charge is 2.11. The predicted molar refractivity (Wildman–Crippen MR) is 118 cm³/mol. The summed E-state index contributed by atoms with van der Waals surface area (Å²) >= 11 is 0. The summed E-state index contributed by atoms with van der Waals surface area (Å²) in [7, 11) is 0. The summed E-state index contributed by atoms with van der Waals surface area (Å²) in [6.45, 7) is 8.75. The van der Waals surface area contributed by atoms with Crippen LogP contribution in [-0.4, -0.2) is 29.0 Å². The van der Waals surface area contributed by atoms with Crippen LogP contribution < -0.4 is 15.5 Å². The molecule has 0 saturated heterocycles. The van der Waals surface area contributed by atoms with E-state index in [1.165, 1.54) is 0 Å². The van der Waals surface area contributed by atoms with Crippen LogP contribution >= 0.6 is 0 Å². The van der Waals surface area contributed by atoms with Gasteiger partial charge in [0.05, 0.1) is 12.2 Å². The minimum absolute atomic E-state index is 0.231. The molecule has 6 heteroatoms. The molecule has 0 aliphatic rings. The lowest BCUT2D eigenvalue weighted by Gasteiger charge is -2.22. The molecule has 0 aliphatic carbocycles. The molecule has 0 bridgehead atoms. The monoisotopic (exact) mass is 389 g/mol. The van der Waals surface area contributed by atoms with Crippen LogP contribution in [0.4, 0.5) is 17.1 Å².